The first-order chi connectivity index (χ1) is 10.8. The molecule has 2 aliphatic rings. The van der Waals surface area contributed by atoms with Crippen LogP contribution in [0.2, 0.25) is 0 Å². The normalized spacial score (nSPS) is 24.4. The first-order valence-electron chi connectivity index (χ1n) is 7.39. The molecule has 23 heavy (non-hydrogen) atoms. The third kappa shape index (κ3) is 2.09. The van der Waals surface area contributed by atoms with Crippen LogP contribution in [0.25, 0.3) is 0 Å². The van der Waals surface area contributed by atoms with Crippen molar-refractivity contribution in [3.05, 3.63) is 57.7 Å². The molecule has 6 nitrogen and oxygen atoms in total. The number of allylic oxidation sites excluding steroid dienone is 2. The van der Waals surface area contributed by atoms with Crippen molar-refractivity contribution in [1.82, 2.24) is 4.57 Å². The van der Waals surface area contributed by atoms with E-state index in [1.807, 2.05) is 0 Å². The number of aliphatic imine (C=N–C) groups is 1. The summed E-state index contributed by atoms with van der Waals surface area (Å²) in [4.78, 5) is 29.1. The molecule has 1 N–H and O–H groups in total. The van der Waals surface area contributed by atoms with Gasteiger partial charge >= 0.3 is 5.97 Å². The molecule has 0 saturated carbocycles. The average molecular weight is 314 g/mol. The molecule has 0 amide bonds. The highest BCUT2D eigenvalue weighted by atomic mass is 16.6. The first kappa shape index (κ1) is 15.4. The number of rotatable bonds is 2. The van der Waals surface area contributed by atoms with E-state index in [1.165, 1.54) is 4.57 Å². The smallest absolute Gasteiger partial charge is 0.343 e. The van der Waals surface area contributed by atoms with Crippen LogP contribution >= 0.6 is 0 Å². The van der Waals surface area contributed by atoms with Gasteiger partial charge in [-0.05, 0) is 25.0 Å². The topological polar surface area (TPSA) is 80.9 Å². The summed E-state index contributed by atoms with van der Waals surface area (Å²) in [6.45, 7) is 11.3. The number of hydrogen-bond donors (Lipinski definition) is 1. The number of carbonyl (C=O) groups excluding carboxylic acids is 1. The molecule has 0 spiro atoms. The molecular weight excluding hydrogens is 296 g/mol. The Hall–Kier alpha value is -2.47. The Bertz CT molecular complexity index is 847. The molecule has 120 valence electrons. The summed E-state index contributed by atoms with van der Waals surface area (Å²) in [6, 6.07) is 1.65. The van der Waals surface area contributed by atoms with Gasteiger partial charge in [-0.1, -0.05) is 20.1 Å². The summed E-state index contributed by atoms with van der Waals surface area (Å²) in [5.41, 5.74) is 0.909. The highest BCUT2D eigenvalue weighted by Gasteiger charge is 2.45. The lowest BCUT2D eigenvalue weighted by molar-refractivity contribution is -0.172. The molecule has 3 heterocycles. The lowest BCUT2D eigenvalue weighted by Crippen LogP contribution is -2.44. The number of carbonyl (C=O) groups is 1. The quantitative estimate of drug-likeness (QED) is 0.837. The van der Waals surface area contributed by atoms with Crippen molar-refractivity contribution in [1.29, 1.82) is 0 Å². The number of fused-ring (bicyclic) bond motifs is 2. The van der Waals surface area contributed by atoms with E-state index in [0.717, 1.165) is 0 Å². The van der Waals surface area contributed by atoms with Crippen LogP contribution in [0.3, 0.4) is 0 Å². The SMILES string of the molecule is C=C(C)N=C1C(=C)Cn2c1cc1c(c2=O)COC(=O)[C@]1(O)CC. The van der Waals surface area contributed by atoms with Gasteiger partial charge in [0, 0.05) is 11.3 Å². The Morgan fingerprint density at radius 3 is 2.83 bits per heavy atom. The first-order valence-corrected chi connectivity index (χ1v) is 7.39. The third-order valence-corrected chi connectivity index (χ3v) is 4.27. The maximum Gasteiger partial charge on any atom is 0.343 e. The van der Waals surface area contributed by atoms with Crippen molar-refractivity contribution in [2.75, 3.05) is 0 Å². The fourth-order valence-corrected chi connectivity index (χ4v) is 3.03. The highest BCUT2D eigenvalue weighted by Crippen LogP contribution is 2.34. The van der Waals surface area contributed by atoms with Gasteiger partial charge in [-0.15, -0.1) is 0 Å². The Labute approximate surface area is 133 Å². The zero-order valence-corrected chi connectivity index (χ0v) is 13.2. The predicted octanol–water partition coefficient (Wildman–Crippen LogP) is 1.40. The van der Waals surface area contributed by atoms with E-state index in [2.05, 4.69) is 18.2 Å². The van der Waals surface area contributed by atoms with Crippen molar-refractivity contribution in [3.63, 3.8) is 0 Å². The van der Waals surface area contributed by atoms with Crippen LogP contribution in [-0.4, -0.2) is 21.4 Å². The monoisotopic (exact) mass is 314 g/mol. The minimum Gasteiger partial charge on any atom is -0.458 e. The second kappa shape index (κ2) is 5.03. The van der Waals surface area contributed by atoms with Crippen LogP contribution < -0.4 is 5.56 Å². The summed E-state index contributed by atoms with van der Waals surface area (Å²) in [7, 11) is 0. The van der Waals surface area contributed by atoms with Gasteiger partial charge < -0.3 is 14.4 Å². The molecule has 0 fully saturated rings. The molecule has 6 heteroatoms. The molecule has 1 aromatic rings. The van der Waals surface area contributed by atoms with Gasteiger partial charge in [-0.25, -0.2) is 4.79 Å². The van der Waals surface area contributed by atoms with E-state index in [1.54, 1.807) is 19.9 Å². The molecule has 1 atom stereocenters. The number of hydrogen-bond acceptors (Lipinski definition) is 5. The predicted molar refractivity (Wildman–Crippen MR) is 85.2 cm³/mol. The molecule has 0 aromatic carbocycles. The van der Waals surface area contributed by atoms with Crippen LogP contribution in [0.4, 0.5) is 0 Å². The molecule has 0 bridgehead atoms. The average Bonchev–Trinajstić information content (AvgIpc) is 2.80. The Morgan fingerprint density at radius 1 is 1.52 bits per heavy atom. The van der Waals surface area contributed by atoms with Crippen molar-refractivity contribution in [3.8, 4) is 0 Å². The second-order valence-electron chi connectivity index (χ2n) is 5.90. The minimum atomic E-state index is -1.80. The number of ether oxygens (including phenoxy) is 1. The minimum absolute atomic E-state index is 0.121. The van der Waals surface area contributed by atoms with Crippen molar-refractivity contribution in [2.45, 2.75) is 39.0 Å². The highest BCUT2D eigenvalue weighted by molar-refractivity contribution is 6.13. The van der Waals surface area contributed by atoms with E-state index < -0.39 is 11.6 Å². The second-order valence-corrected chi connectivity index (χ2v) is 5.90. The molecule has 1 aromatic heterocycles. The zero-order chi connectivity index (χ0) is 16.9. The summed E-state index contributed by atoms with van der Waals surface area (Å²) in [5, 5.41) is 10.7. The number of cyclic esters (lactones) is 1. The molecule has 3 rings (SSSR count). The van der Waals surface area contributed by atoms with Gasteiger partial charge in [-0.2, -0.15) is 0 Å². The van der Waals surface area contributed by atoms with Gasteiger partial charge in [0.05, 0.1) is 23.5 Å². The number of pyridine rings is 1. The van der Waals surface area contributed by atoms with Crippen LogP contribution in [0, 0.1) is 0 Å². The molecule has 0 aliphatic carbocycles. The van der Waals surface area contributed by atoms with E-state index in [-0.39, 0.29) is 18.6 Å². The maximum absolute atomic E-state index is 12.7. The molecule has 2 aliphatic heterocycles. The largest absolute Gasteiger partial charge is 0.458 e. The zero-order valence-electron chi connectivity index (χ0n) is 13.2. The van der Waals surface area contributed by atoms with Gasteiger partial charge in [0.2, 0.25) is 0 Å². The summed E-state index contributed by atoms with van der Waals surface area (Å²) < 4.78 is 6.54. The van der Waals surface area contributed by atoms with Crippen LogP contribution in [0.5, 0.6) is 0 Å². The Morgan fingerprint density at radius 2 is 2.22 bits per heavy atom. The molecule has 0 unspecified atom stereocenters. The van der Waals surface area contributed by atoms with Gasteiger partial charge in [0.15, 0.2) is 5.60 Å². The van der Waals surface area contributed by atoms with Crippen LogP contribution in [-0.2, 0) is 28.3 Å². The van der Waals surface area contributed by atoms with Crippen molar-refractivity contribution in [2.24, 2.45) is 4.99 Å². The fourth-order valence-electron chi connectivity index (χ4n) is 3.03. The van der Waals surface area contributed by atoms with E-state index in [0.29, 0.717) is 40.3 Å². The lowest BCUT2D eigenvalue weighted by atomic mass is 9.86. The van der Waals surface area contributed by atoms with Crippen LogP contribution in [0.15, 0.2) is 40.3 Å². The standard InChI is InChI=1S/C17H18N2O4/c1-5-17(22)12-6-13-14(18-9(2)3)10(4)7-19(13)15(20)11(12)8-23-16(17)21/h6,22H,2,4-5,7-8H2,1,3H3/t17-/m0/s1. The Balaban J connectivity index is 2.33. The van der Waals surface area contributed by atoms with Gasteiger partial charge in [-0.3, -0.25) is 9.79 Å². The summed E-state index contributed by atoms with van der Waals surface area (Å²) in [5.74, 6) is -0.730. The van der Waals surface area contributed by atoms with E-state index in [9.17, 15) is 14.7 Å². The summed E-state index contributed by atoms with van der Waals surface area (Å²) in [6.07, 6.45) is 0.121. The van der Waals surface area contributed by atoms with E-state index >= 15 is 0 Å². The summed E-state index contributed by atoms with van der Waals surface area (Å²) >= 11 is 0. The Kier molecular flexibility index (Phi) is 3.37. The maximum atomic E-state index is 12.7. The van der Waals surface area contributed by atoms with Crippen LogP contribution in [0.1, 0.15) is 37.1 Å². The number of aliphatic hydroxyl groups is 1. The molecule has 0 radical (unpaired) electrons. The van der Waals surface area contributed by atoms with Crippen molar-refractivity contribution >= 4 is 11.7 Å². The molecule has 0 saturated heterocycles. The third-order valence-electron chi connectivity index (χ3n) is 4.27. The number of esters is 1. The fraction of sp³-hybridized carbons (Fsp3) is 0.353. The van der Waals surface area contributed by atoms with E-state index in [4.69, 9.17) is 4.74 Å². The van der Waals surface area contributed by atoms with Gasteiger partial charge in [0.25, 0.3) is 5.56 Å². The lowest BCUT2D eigenvalue weighted by Gasteiger charge is -2.31. The van der Waals surface area contributed by atoms with Crippen molar-refractivity contribution < 1.29 is 14.6 Å². The number of nitrogens with zero attached hydrogens (tertiary/aromatic N) is 2. The van der Waals surface area contributed by atoms with Gasteiger partial charge in [0.1, 0.15) is 6.61 Å². The number of aromatic nitrogens is 1. The molecular formula is C17H18N2O4.